The third-order valence-electron chi connectivity index (χ3n) is 4.22. The molecule has 0 atom stereocenters. The van der Waals surface area contributed by atoms with Crippen molar-refractivity contribution in [3.05, 3.63) is 29.8 Å². The highest BCUT2D eigenvalue weighted by Gasteiger charge is 2.21. The molecule has 0 aliphatic carbocycles. The van der Waals surface area contributed by atoms with Crippen LogP contribution in [-0.2, 0) is 16.1 Å². The number of hydrogen-bond donors (Lipinski definition) is 3. The number of carbonyl (C=O) groups excluding carboxylic acids is 2. The van der Waals surface area contributed by atoms with Crippen molar-refractivity contribution in [3.8, 4) is 0 Å². The second-order valence-corrected chi connectivity index (χ2v) is 6.27. The van der Waals surface area contributed by atoms with Gasteiger partial charge in [0.25, 0.3) is 0 Å². The summed E-state index contributed by atoms with van der Waals surface area (Å²) < 4.78 is 0. The first-order valence-electron chi connectivity index (χ1n) is 9.24. The number of hydrogen-bond acceptors (Lipinski definition) is 3. The van der Waals surface area contributed by atoms with Crippen molar-refractivity contribution in [2.24, 2.45) is 4.99 Å². The third kappa shape index (κ3) is 7.74. The number of aliphatic imine (C=N–C) groups is 1. The molecule has 0 bridgehead atoms. The molecule has 150 valence electrons. The van der Waals surface area contributed by atoms with Gasteiger partial charge in [-0.15, -0.1) is 24.0 Å². The molecule has 1 aromatic carbocycles. The number of carbonyl (C=O) groups is 2. The van der Waals surface area contributed by atoms with E-state index in [9.17, 15) is 9.59 Å². The summed E-state index contributed by atoms with van der Waals surface area (Å²) in [5.74, 6) is 0.900. The molecule has 3 N–H and O–H groups in total. The van der Waals surface area contributed by atoms with Gasteiger partial charge < -0.3 is 20.9 Å². The monoisotopic (exact) mass is 487 g/mol. The Hall–Kier alpha value is -1.84. The second kappa shape index (κ2) is 12.5. The average Bonchev–Trinajstić information content (AvgIpc) is 3.09. The molecule has 0 spiro atoms. The molecule has 0 aromatic heterocycles. The molecule has 1 aliphatic rings. The molecule has 1 fully saturated rings. The number of guanidine groups is 1. The standard InChI is InChI=1S/C19H29N5O2.HI/c1-3-11-21-17(25)10-12-22-19(20-2)23-14-15-6-8-16(9-7-15)24-13-4-5-18(24)26;/h6-9H,3-5,10-14H2,1-2H3,(H,21,25)(H2,20,22,23);1H. The van der Waals surface area contributed by atoms with Crippen molar-refractivity contribution >= 4 is 47.4 Å². The molecular weight excluding hydrogens is 457 g/mol. The van der Waals surface area contributed by atoms with Crippen LogP contribution < -0.4 is 20.9 Å². The highest BCUT2D eigenvalue weighted by Crippen LogP contribution is 2.21. The smallest absolute Gasteiger partial charge is 0.227 e. The lowest BCUT2D eigenvalue weighted by molar-refractivity contribution is -0.121. The number of nitrogens with one attached hydrogen (secondary N) is 3. The Morgan fingerprint density at radius 2 is 1.89 bits per heavy atom. The maximum Gasteiger partial charge on any atom is 0.227 e. The van der Waals surface area contributed by atoms with Crippen molar-refractivity contribution in [1.29, 1.82) is 0 Å². The van der Waals surface area contributed by atoms with Crippen molar-refractivity contribution in [2.75, 3.05) is 31.6 Å². The Morgan fingerprint density at radius 3 is 2.48 bits per heavy atom. The van der Waals surface area contributed by atoms with Crippen LogP contribution in [0.15, 0.2) is 29.3 Å². The summed E-state index contributed by atoms with van der Waals surface area (Å²) in [5.41, 5.74) is 2.06. The topological polar surface area (TPSA) is 85.8 Å². The van der Waals surface area contributed by atoms with Gasteiger partial charge in [-0.2, -0.15) is 0 Å². The molecule has 0 unspecified atom stereocenters. The van der Waals surface area contributed by atoms with Crippen LogP contribution in [0.1, 0.15) is 38.2 Å². The first kappa shape index (κ1) is 23.2. The largest absolute Gasteiger partial charge is 0.356 e. The third-order valence-corrected chi connectivity index (χ3v) is 4.22. The molecule has 1 heterocycles. The number of amides is 2. The zero-order valence-electron chi connectivity index (χ0n) is 16.1. The van der Waals surface area contributed by atoms with Crippen LogP contribution in [0.4, 0.5) is 5.69 Å². The summed E-state index contributed by atoms with van der Waals surface area (Å²) in [7, 11) is 1.70. The molecule has 1 saturated heterocycles. The maximum absolute atomic E-state index is 11.8. The molecule has 1 aliphatic heterocycles. The first-order chi connectivity index (χ1) is 12.6. The van der Waals surface area contributed by atoms with Crippen LogP contribution in [0.5, 0.6) is 0 Å². The Morgan fingerprint density at radius 1 is 1.15 bits per heavy atom. The van der Waals surface area contributed by atoms with E-state index < -0.39 is 0 Å². The van der Waals surface area contributed by atoms with Crippen LogP contribution in [0.25, 0.3) is 0 Å². The van der Waals surface area contributed by atoms with Crippen LogP contribution in [0, 0.1) is 0 Å². The van der Waals surface area contributed by atoms with E-state index in [-0.39, 0.29) is 35.8 Å². The molecular formula is C19H30IN5O2. The summed E-state index contributed by atoms with van der Waals surface area (Å²) in [5, 5.41) is 9.21. The van der Waals surface area contributed by atoms with Gasteiger partial charge in [-0.3, -0.25) is 14.6 Å². The van der Waals surface area contributed by atoms with Crippen molar-refractivity contribution in [3.63, 3.8) is 0 Å². The minimum absolute atomic E-state index is 0. The highest BCUT2D eigenvalue weighted by atomic mass is 127. The molecule has 7 nitrogen and oxygen atoms in total. The summed E-state index contributed by atoms with van der Waals surface area (Å²) in [6.45, 7) is 4.70. The van der Waals surface area contributed by atoms with E-state index in [1.54, 1.807) is 7.05 Å². The van der Waals surface area contributed by atoms with E-state index in [0.29, 0.717) is 38.4 Å². The van der Waals surface area contributed by atoms with E-state index in [1.165, 1.54) is 0 Å². The Labute approximate surface area is 178 Å². The van der Waals surface area contributed by atoms with Crippen LogP contribution >= 0.6 is 24.0 Å². The van der Waals surface area contributed by atoms with Gasteiger partial charge in [0.15, 0.2) is 5.96 Å². The molecule has 2 rings (SSSR count). The average molecular weight is 487 g/mol. The predicted octanol–water partition coefficient (Wildman–Crippen LogP) is 2.01. The van der Waals surface area contributed by atoms with Gasteiger partial charge in [-0.25, -0.2) is 0 Å². The van der Waals surface area contributed by atoms with E-state index in [1.807, 2.05) is 36.1 Å². The summed E-state index contributed by atoms with van der Waals surface area (Å²) in [6, 6.07) is 7.99. The van der Waals surface area contributed by atoms with Crippen molar-refractivity contribution in [2.45, 2.75) is 39.2 Å². The SMILES string of the molecule is CCCNC(=O)CCNC(=NC)NCc1ccc(N2CCCC2=O)cc1.I. The normalized spacial score (nSPS) is 13.9. The minimum Gasteiger partial charge on any atom is -0.356 e. The van der Waals surface area contributed by atoms with Gasteiger partial charge in [0.2, 0.25) is 11.8 Å². The van der Waals surface area contributed by atoms with Gasteiger partial charge >= 0.3 is 0 Å². The van der Waals surface area contributed by atoms with E-state index in [2.05, 4.69) is 20.9 Å². The number of anilines is 1. The van der Waals surface area contributed by atoms with E-state index in [0.717, 1.165) is 30.6 Å². The lowest BCUT2D eigenvalue weighted by Crippen LogP contribution is -2.39. The quantitative estimate of drug-likeness (QED) is 0.298. The molecule has 0 radical (unpaired) electrons. The van der Waals surface area contributed by atoms with Crippen molar-refractivity contribution < 1.29 is 9.59 Å². The summed E-state index contributed by atoms with van der Waals surface area (Å²) in [4.78, 5) is 29.4. The molecule has 2 amide bonds. The Balaban J connectivity index is 0.00000364. The second-order valence-electron chi connectivity index (χ2n) is 6.27. The summed E-state index contributed by atoms with van der Waals surface area (Å²) in [6.07, 6.45) is 2.93. The number of nitrogens with zero attached hydrogens (tertiary/aromatic N) is 2. The van der Waals surface area contributed by atoms with Crippen LogP contribution in [-0.4, -0.2) is 44.5 Å². The van der Waals surface area contributed by atoms with Crippen LogP contribution in [0.2, 0.25) is 0 Å². The fourth-order valence-corrected chi connectivity index (χ4v) is 2.77. The molecule has 1 aromatic rings. The summed E-state index contributed by atoms with van der Waals surface area (Å²) >= 11 is 0. The fourth-order valence-electron chi connectivity index (χ4n) is 2.77. The predicted molar refractivity (Wildman–Crippen MR) is 120 cm³/mol. The molecule has 27 heavy (non-hydrogen) atoms. The van der Waals surface area contributed by atoms with Gasteiger partial charge in [0, 0.05) is 51.8 Å². The minimum atomic E-state index is 0. The molecule has 0 saturated carbocycles. The van der Waals surface area contributed by atoms with Gasteiger partial charge in [0.1, 0.15) is 0 Å². The van der Waals surface area contributed by atoms with Gasteiger partial charge in [-0.1, -0.05) is 19.1 Å². The first-order valence-corrected chi connectivity index (χ1v) is 9.24. The lowest BCUT2D eigenvalue weighted by Gasteiger charge is -2.16. The van der Waals surface area contributed by atoms with Crippen molar-refractivity contribution in [1.82, 2.24) is 16.0 Å². The number of halogens is 1. The van der Waals surface area contributed by atoms with Crippen LogP contribution in [0.3, 0.4) is 0 Å². The Bertz CT molecular complexity index is 633. The van der Waals surface area contributed by atoms with Gasteiger partial charge in [-0.05, 0) is 30.5 Å². The fraction of sp³-hybridized carbons (Fsp3) is 0.526. The highest BCUT2D eigenvalue weighted by molar-refractivity contribution is 14.0. The maximum atomic E-state index is 11.8. The Kier molecular flexibility index (Phi) is 10.8. The molecule has 8 heteroatoms. The zero-order chi connectivity index (χ0) is 18.8. The zero-order valence-corrected chi connectivity index (χ0v) is 18.4. The van der Waals surface area contributed by atoms with E-state index in [4.69, 9.17) is 0 Å². The number of rotatable bonds is 8. The number of benzene rings is 1. The lowest BCUT2D eigenvalue weighted by atomic mass is 10.2. The van der Waals surface area contributed by atoms with E-state index >= 15 is 0 Å². The van der Waals surface area contributed by atoms with Gasteiger partial charge in [0.05, 0.1) is 0 Å².